The van der Waals surface area contributed by atoms with Gasteiger partial charge in [0.2, 0.25) is 0 Å². The van der Waals surface area contributed by atoms with E-state index in [1.165, 1.54) is 0 Å². The molecule has 0 spiro atoms. The van der Waals surface area contributed by atoms with Crippen LogP contribution in [0.1, 0.15) is 17.5 Å². The predicted octanol–water partition coefficient (Wildman–Crippen LogP) is 2.53. The van der Waals surface area contributed by atoms with Gasteiger partial charge in [0, 0.05) is 6.20 Å². The van der Waals surface area contributed by atoms with Crippen LogP contribution >= 0.6 is 15.9 Å². The Labute approximate surface area is 123 Å². The van der Waals surface area contributed by atoms with Crippen molar-refractivity contribution in [3.63, 3.8) is 0 Å². The Morgan fingerprint density at radius 3 is 2.95 bits per heavy atom. The van der Waals surface area contributed by atoms with Crippen LogP contribution in [0.25, 0.3) is 0 Å². The molecule has 1 unspecified atom stereocenters. The number of halogens is 1. The minimum absolute atomic E-state index is 0.0495. The Morgan fingerprint density at radius 2 is 2.40 bits per heavy atom. The lowest BCUT2D eigenvalue weighted by Crippen LogP contribution is -2.31. The first kappa shape index (κ1) is 14.3. The van der Waals surface area contributed by atoms with E-state index >= 15 is 0 Å². The normalized spacial score (nSPS) is 11.9. The van der Waals surface area contributed by atoms with Crippen LogP contribution in [0.4, 0.5) is 4.79 Å². The summed E-state index contributed by atoms with van der Waals surface area (Å²) in [6, 6.07) is 4.64. The van der Waals surface area contributed by atoms with E-state index in [1.807, 2.05) is 0 Å². The summed E-state index contributed by atoms with van der Waals surface area (Å²) in [5.41, 5.74) is 0.561. The third kappa shape index (κ3) is 3.47. The van der Waals surface area contributed by atoms with Crippen molar-refractivity contribution in [2.75, 3.05) is 6.61 Å². The second-order valence-electron chi connectivity index (χ2n) is 3.93. The Hall–Kier alpha value is -2.09. The van der Waals surface area contributed by atoms with Crippen molar-refractivity contribution in [2.45, 2.75) is 13.0 Å². The van der Waals surface area contributed by atoms with Crippen molar-refractivity contribution < 1.29 is 19.2 Å². The first-order chi connectivity index (χ1) is 9.58. The first-order valence-corrected chi connectivity index (χ1v) is 6.52. The number of ether oxygens (including phenoxy) is 1. The summed E-state index contributed by atoms with van der Waals surface area (Å²) >= 11 is 3.27. The van der Waals surface area contributed by atoms with E-state index in [-0.39, 0.29) is 12.5 Å². The number of hydrogen-bond donors (Lipinski definition) is 2. The topological polar surface area (TPSA) is 97.5 Å². The van der Waals surface area contributed by atoms with Gasteiger partial charge >= 0.3 is 6.09 Å². The highest BCUT2D eigenvalue weighted by molar-refractivity contribution is 9.10. The highest BCUT2D eigenvalue weighted by Gasteiger charge is 2.18. The summed E-state index contributed by atoms with van der Waals surface area (Å²) < 4.78 is 11.0. The van der Waals surface area contributed by atoms with Crippen molar-refractivity contribution in [3.05, 3.63) is 40.3 Å². The number of aromatic nitrogens is 2. The molecule has 7 nitrogen and oxygen atoms in total. The molecule has 0 fully saturated rings. The van der Waals surface area contributed by atoms with Crippen LogP contribution in [-0.2, 0) is 0 Å². The first-order valence-electron chi connectivity index (χ1n) is 5.73. The molecule has 0 saturated carbocycles. The van der Waals surface area contributed by atoms with E-state index in [4.69, 9.17) is 14.4 Å². The molecule has 0 aromatic carbocycles. The zero-order chi connectivity index (χ0) is 14.5. The van der Waals surface area contributed by atoms with Crippen LogP contribution in [-0.4, -0.2) is 27.9 Å². The van der Waals surface area contributed by atoms with E-state index in [0.29, 0.717) is 15.9 Å². The van der Waals surface area contributed by atoms with Gasteiger partial charge in [-0.15, -0.1) is 0 Å². The molecule has 2 aromatic rings. The summed E-state index contributed by atoms with van der Waals surface area (Å²) in [5, 5.41) is 14.9. The average molecular weight is 342 g/mol. The highest BCUT2D eigenvalue weighted by atomic mass is 79.9. The number of carbonyl (C=O) groups is 1. The van der Waals surface area contributed by atoms with Crippen molar-refractivity contribution in [1.29, 1.82) is 0 Å². The highest BCUT2D eigenvalue weighted by Crippen LogP contribution is 2.27. The molecule has 1 amide bonds. The number of aryl methyl sites for hydroxylation is 1. The van der Waals surface area contributed by atoms with Crippen molar-refractivity contribution in [1.82, 2.24) is 15.5 Å². The van der Waals surface area contributed by atoms with Gasteiger partial charge in [-0.1, -0.05) is 6.07 Å². The van der Waals surface area contributed by atoms with Crippen LogP contribution in [0.3, 0.4) is 0 Å². The van der Waals surface area contributed by atoms with E-state index in [1.54, 1.807) is 31.3 Å². The molecule has 0 aliphatic rings. The smallest absolute Gasteiger partial charge is 0.405 e. The molecular formula is C12H12BrN3O4. The quantitative estimate of drug-likeness (QED) is 0.867. The Bertz CT molecular complexity index is 588. The zero-order valence-electron chi connectivity index (χ0n) is 10.5. The fourth-order valence-corrected chi connectivity index (χ4v) is 1.78. The molecule has 1 atom stereocenters. The molecule has 0 aliphatic heterocycles. The molecule has 2 rings (SSSR count). The lowest BCUT2D eigenvalue weighted by molar-refractivity contribution is 0.178. The van der Waals surface area contributed by atoms with Crippen molar-refractivity contribution >= 4 is 22.0 Å². The third-order valence-electron chi connectivity index (χ3n) is 2.49. The molecule has 0 radical (unpaired) electrons. The second kappa shape index (κ2) is 6.38. The van der Waals surface area contributed by atoms with Gasteiger partial charge in [0.1, 0.15) is 17.1 Å². The number of pyridine rings is 1. The lowest BCUT2D eigenvalue weighted by atomic mass is 10.2. The number of amides is 1. The van der Waals surface area contributed by atoms with Gasteiger partial charge in [0.05, 0.1) is 5.69 Å². The van der Waals surface area contributed by atoms with Gasteiger partial charge < -0.3 is 19.7 Å². The van der Waals surface area contributed by atoms with Crippen molar-refractivity contribution in [2.24, 2.45) is 0 Å². The molecule has 2 aromatic heterocycles. The maximum absolute atomic E-state index is 10.8. The number of hydrogen-bond acceptors (Lipinski definition) is 5. The molecule has 0 bridgehead atoms. The van der Waals surface area contributed by atoms with E-state index < -0.39 is 12.1 Å². The van der Waals surface area contributed by atoms with Crippen LogP contribution in [0.2, 0.25) is 0 Å². The largest absolute Gasteiger partial charge is 0.472 e. The number of rotatable bonds is 5. The van der Waals surface area contributed by atoms with Crippen LogP contribution in [0.5, 0.6) is 5.88 Å². The molecule has 20 heavy (non-hydrogen) atoms. The summed E-state index contributed by atoms with van der Waals surface area (Å²) in [6.07, 6.45) is 0.432. The molecule has 106 valence electrons. The van der Waals surface area contributed by atoms with Gasteiger partial charge in [-0.3, -0.25) is 4.98 Å². The van der Waals surface area contributed by atoms with Gasteiger partial charge in [-0.25, -0.2) is 4.79 Å². The zero-order valence-corrected chi connectivity index (χ0v) is 12.1. The number of nitrogens with one attached hydrogen (secondary N) is 1. The Balaban J connectivity index is 2.09. The van der Waals surface area contributed by atoms with Crippen LogP contribution < -0.4 is 10.1 Å². The van der Waals surface area contributed by atoms with Gasteiger partial charge in [-0.2, -0.15) is 0 Å². The summed E-state index contributed by atoms with van der Waals surface area (Å²) in [7, 11) is 0. The molecule has 0 saturated heterocycles. The maximum atomic E-state index is 10.8. The minimum Gasteiger partial charge on any atom is -0.472 e. The molecule has 8 heteroatoms. The number of nitrogens with zero attached hydrogens (tertiary/aromatic N) is 2. The lowest BCUT2D eigenvalue weighted by Gasteiger charge is -2.16. The third-order valence-corrected chi connectivity index (χ3v) is 3.39. The summed E-state index contributed by atoms with van der Waals surface area (Å²) in [5.74, 6) is 0.858. The SMILES string of the molecule is Cc1onc(OCC(NC(=O)O)c2ccccn2)c1Br. The van der Waals surface area contributed by atoms with E-state index in [0.717, 1.165) is 0 Å². The van der Waals surface area contributed by atoms with Crippen LogP contribution in [0.15, 0.2) is 33.4 Å². The maximum Gasteiger partial charge on any atom is 0.405 e. The molecule has 2 heterocycles. The van der Waals surface area contributed by atoms with E-state index in [2.05, 4.69) is 31.4 Å². The summed E-state index contributed by atoms with van der Waals surface area (Å²) in [6.45, 7) is 1.78. The Kier molecular flexibility index (Phi) is 4.57. The standard InChI is InChI=1S/C12H12BrN3O4/c1-7-10(13)11(16-20-7)19-6-9(15-12(17)18)8-4-2-3-5-14-8/h2-5,9,15H,6H2,1H3,(H,17,18). The molecule has 2 N–H and O–H groups in total. The predicted molar refractivity (Wildman–Crippen MR) is 72.6 cm³/mol. The van der Waals surface area contributed by atoms with E-state index in [9.17, 15) is 4.79 Å². The van der Waals surface area contributed by atoms with Crippen LogP contribution in [0, 0.1) is 6.92 Å². The average Bonchev–Trinajstić information content (AvgIpc) is 2.75. The Morgan fingerprint density at radius 1 is 1.60 bits per heavy atom. The molecular weight excluding hydrogens is 330 g/mol. The minimum atomic E-state index is -1.15. The van der Waals surface area contributed by atoms with Gasteiger partial charge in [-0.05, 0) is 40.1 Å². The van der Waals surface area contributed by atoms with Crippen molar-refractivity contribution in [3.8, 4) is 5.88 Å². The molecule has 0 aliphatic carbocycles. The fourth-order valence-electron chi connectivity index (χ4n) is 1.52. The number of carboxylic acid groups (broad SMARTS) is 1. The monoisotopic (exact) mass is 341 g/mol. The fraction of sp³-hybridized carbons (Fsp3) is 0.250. The second-order valence-corrected chi connectivity index (χ2v) is 4.72. The summed E-state index contributed by atoms with van der Waals surface area (Å²) in [4.78, 5) is 14.9. The van der Waals surface area contributed by atoms with Gasteiger partial charge in [0.15, 0.2) is 5.76 Å². The van der Waals surface area contributed by atoms with Gasteiger partial charge in [0.25, 0.3) is 5.88 Å².